The second-order valence-corrected chi connectivity index (χ2v) is 8.22. The first-order chi connectivity index (χ1) is 17.0. The third-order valence-electron chi connectivity index (χ3n) is 5.82. The number of carboxylic acid groups (broad SMARTS) is 1. The van der Waals surface area contributed by atoms with Crippen molar-refractivity contribution in [1.29, 1.82) is 0 Å². The molecule has 0 unspecified atom stereocenters. The Bertz CT molecular complexity index is 1160. The van der Waals surface area contributed by atoms with Crippen molar-refractivity contribution < 1.29 is 28.7 Å². The van der Waals surface area contributed by atoms with Gasteiger partial charge in [0.2, 0.25) is 11.7 Å². The molecule has 1 saturated heterocycles. The number of carbonyl (C=O) groups excluding carboxylic acids is 1. The Morgan fingerprint density at radius 3 is 2.63 bits per heavy atom. The number of piperidine rings is 1. The van der Waals surface area contributed by atoms with Crippen LogP contribution in [0.5, 0.6) is 11.5 Å². The lowest BCUT2D eigenvalue weighted by molar-refractivity contribution is -0.135. The smallest absolute Gasteiger partial charge is 0.322 e. The standard InChI is InChI=1S/C25H28N4O6/c1-33-21-14-19(23-28-25(35-29-23)18-8-11-26-12-9-18)6-7-20(21)34-13-10-16-2-4-17(5-3-16)24(32)27-15-22(30)31/h2-7,14,18,26H,8-13,15H2,1H3,(H,27,32)(H,30,31). The number of benzene rings is 2. The Balaban J connectivity index is 1.33. The van der Waals surface area contributed by atoms with Gasteiger partial charge in [-0.3, -0.25) is 9.59 Å². The van der Waals surface area contributed by atoms with Crippen molar-refractivity contribution in [3.05, 3.63) is 59.5 Å². The van der Waals surface area contributed by atoms with Crippen LogP contribution in [0.25, 0.3) is 11.4 Å². The van der Waals surface area contributed by atoms with E-state index < -0.39 is 18.4 Å². The van der Waals surface area contributed by atoms with Crippen molar-refractivity contribution in [2.45, 2.75) is 25.2 Å². The van der Waals surface area contributed by atoms with E-state index in [2.05, 4.69) is 20.8 Å². The minimum atomic E-state index is -1.09. The van der Waals surface area contributed by atoms with Crippen molar-refractivity contribution >= 4 is 11.9 Å². The summed E-state index contributed by atoms with van der Waals surface area (Å²) in [5, 5.41) is 18.5. The minimum Gasteiger partial charge on any atom is -0.493 e. The zero-order valence-corrected chi connectivity index (χ0v) is 19.5. The number of aromatic nitrogens is 2. The molecule has 10 nitrogen and oxygen atoms in total. The lowest BCUT2D eigenvalue weighted by Crippen LogP contribution is -2.29. The summed E-state index contributed by atoms with van der Waals surface area (Å²) in [6, 6.07) is 12.5. The zero-order chi connectivity index (χ0) is 24.6. The largest absolute Gasteiger partial charge is 0.493 e. The van der Waals surface area contributed by atoms with Crippen LogP contribution in [0, 0.1) is 0 Å². The maximum absolute atomic E-state index is 11.9. The summed E-state index contributed by atoms with van der Waals surface area (Å²) in [7, 11) is 1.58. The third kappa shape index (κ3) is 6.36. The van der Waals surface area contributed by atoms with E-state index in [4.69, 9.17) is 19.1 Å². The molecule has 0 aliphatic carbocycles. The van der Waals surface area contributed by atoms with Crippen molar-refractivity contribution in [3.8, 4) is 22.9 Å². The molecule has 4 rings (SSSR count). The van der Waals surface area contributed by atoms with Crippen molar-refractivity contribution in [2.75, 3.05) is 33.4 Å². The lowest BCUT2D eigenvalue weighted by atomic mass is 9.98. The first-order valence-electron chi connectivity index (χ1n) is 11.5. The molecule has 3 N–H and O–H groups in total. The summed E-state index contributed by atoms with van der Waals surface area (Å²) in [6.45, 7) is 1.90. The van der Waals surface area contributed by atoms with Crippen LogP contribution in [0.4, 0.5) is 0 Å². The number of aliphatic carboxylic acids is 1. The van der Waals surface area contributed by atoms with Gasteiger partial charge in [-0.1, -0.05) is 17.3 Å². The van der Waals surface area contributed by atoms with Gasteiger partial charge in [-0.2, -0.15) is 4.98 Å². The van der Waals surface area contributed by atoms with E-state index >= 15 is 0 Å². The Morgan fingerprint density at radius 1 is 1.14 bits per heavy atom. The number of carbonyl (C=O) groups is 2. The number of carboxylic acids is 1. The molecule has 1 fully saturated rings. The van der Waals surface area contributed by atoms with Crippen LogP contribution in [-0.2, 0) is 11.2 Å². The first-order valence-corrected chi connectivity index (χ1v) is 11.5. The molecular formula is C25H28N4O6. The molecular weight excluding hydrogens is 452 g/mol. The number of amides is 1. The van der Waals surface area contributed by atoms with E-state index in [0.717, 1.165) is 37.1 Å². The van der Waals surface area contributed by atoms with Crippen LogP contribution in [0.3, 0.4) is 0 Å². The van der Waals surface area contributed by atoms with Crippen molar-refractivity contribution in [2.24, 2.45) is 0 Å². The van der Waals surface area contributed by atoms with E-state index in [1.54, 1.807) is 19.2 Å². The Kier molecular flexibility index (Phi) is 7.94. The van der Waals surface area contributed by atoms with Gasteiger partial charge in [0.05, 0.1) is 13.7 Å². The van der Waals surface area contributed by atoms with Gasteiger partial charge in [-0.15, -0.1) is 0 Å². The van der Waals surface area contributed by atoms with Crippen LogP contribution in [-0.4, -0.2) is 60.5 Å². The highest BCUT2D eigenvalue weighted by atomic mass is 16.5. The quantitative estimate of drug-likeness (QED) is 0.400. The highest BCUT2D eigenvalue weighted by Crippen LogP contribution is 2.33. The molecule has 0 spiro atoms. The van der Waals surface area contributed by atoms with Crippen LogP contribution >= 0.6 is 0 Å². The van der Waals surface area contributed by atoms with Crippen LogP contribution < -0.4 is 20.1 Å². The molecule has 1 aromatic heterocycles. The number of hydrogen-bond donors (Lipinski definition) is 3. The molecule has 1 amide bonds. The second kappa shape index (κ2) is 11.5. The molecule has 10 heteroatoms. The Hall–Kier alpha value is -3.92. The molecule has 35 heavy (non-hydrogen) atoms. The molecule has 184 valence electrons. The zero-order valence-electron chi connectivity index (χ0n) is 19.5. The SMILES string of the molecule is COc1cc(-c2noc(C3CCNCC3)n2)ccc1OCCc1ccc(C(=O)NCC(=O)O)cc1. The predicted octanol–water partition coefficient (Wildman–Crippen LogP) is 2.65. The van der Waals surface area contributed by atoms with Gasteiger partial charge in [0.1, 0.15) is 6.54 Å². The monoisotopic (exact) mass is 480 g/mol. The van der Waals surface area contributed by atoms with Crippen molar-refractivity contribution in [1.82, 2.24) is 20.8 Å². The summed E-state index contributed by atoms with van der Waals surface area (Å²) in [4.78, 5) is 27.1. The molecule has 2 aromatic carbocycles. The summed E-state index contributed by atoms with van der Waals surface area (Å²) < 4.78 is 16.9. The van der Waals surface area contributed by atoms with E-state index in [0.29, 0.717) is 41.8 Å². The fraction of sp³-hybridized carbons (Fsp3) is 0.360. The molecule has 1 aliphatic heterocycles. The molecule has 2 heterocycles. The first kappa shape index (κ1) is 24.2. The topological polar surface area (TPSA) is 136 Å². The average Bonchev–Trinajstić information content (AvgIpc) is 3.39. The van der Waals surface area contributed by atoms with Gasteiger partial charge in [0.15, 0.2) is 11.5 Å². The molecule has 3 aromatic rings. The van der Waals surface area contributed by atoms with Crippen LogP contribution in [0.1, 0.15) is 40.6 Å². The van der Waals surface area contributed by atoms with Crippen LogP contribution in [0.15, 0.2) is 47.0 Å². The fourth-order valence-electron chi connectivity index (χ4n) is 3.87. The molecule has 1 aliphatic rings. The minimum absolute atomic E-state index is 0.287. The number of ether oxygens (including phenoxy) is 2. The summed E-state index contributed by atoms with van der Waals surface area (Å²) in [5.41, 5.74) is 2.17. The van der Waals surface area contributed by atoms with E-state index in [9.17, 15) is 9.59 Å². The van der Waals surface area contributed by atoms with Gasteiger partial charge in [-0.05, 0) is 61.8 Å². The number of nitrogens with zero attached hydrogens (tertiary/aromatic N) is 2. The number of rotatable bonds is 10. The van der Waals surface area contributed by atoms with E-state index in [1.807, 2.05) is 30.3 Å². The average molecular weight is 481 g/mol. The van der Waals surface area contributed by atoms with Gasteiger partial charge in [0, 0.05) is 23.5 Å². The number of nitrogens with one attached hydrogen (secondary N) is 2. The van der Waals surface area contributed by atoms with Gasteiger partial charge in [-0.25, -0.2) is 0 Å². The highest BCUT2D eigenvalue weighted by molar-refractivity contribution is 5.95. The second-order valence-electron chi connectivity index (χ2n) is 8.22. The Morgan fingerprint density at radius 2 is 1.91 bits per heavy atom. The number of hydrogen-bond acceptors (Lipinski definition) is 8. The fourth-order valence-corrected chi connectivity index (χ4v) is 3.87. The van der Waals surface area contributed by atoms with E-state index in [-0.39, 0.29) is 5.92 Å². The Labute approximate surface area is 202 Å². The highest BCUT2D eigenvalue weighted by Gasteiger charge is 2.22. The summed E-state index contributed by atoms with van der Waals surface area (Å²) in [6.07, 6.45) is 2.59. The number of methoxy groups -OCH3 is 1. The van der Waals surface area contributed by atoms with Gasteiger partial charge >= 0.3 is 5.97 Å². The summed E-state index contributed by atoms with van der Waals surface area (Å²) >= 11 is 0. The summed E-state index contributed by atoms with van der Waals surface area (Å²) in [5.74, 6) is 1.14. The molecule has 0 bridgehead atoms. The molecule has 0 radical (unpaired) electrons. The van der Waals surface area contributed by atoms with Crippen LogP contribution in [0.2, 0.25) is 0 Å². The van der Waals surface area contributed by atoms with E-state index in [1.165, 1.54) is 0 Å². The maximum atomic E-state index is 11.9. The van der Waals surface area contributed by atoms with Gasteiger partial charge in [0.25, 0.3) is 5.91 Å². The van der Waals surface area contributed by atoms with Crippen molar-refractivity contribution in [3.63, 3.8) is 0 Å². The maximum Gasteiger partial charge on any atom is 0.322 e. The molecule has 0 atom stereocenters. The van der Waals surface area contributed by atoms with Gasteiger partial charge < -0.3 is 29.7 Å². The normalized spacial score (nSPS) is 13.9. The molecule has 0 saturated carbocycles. The predicted molar refractivity (Wildman–Crippen MR) is 127 cm³/mol. The lowest BCUT2D eigenvalue weighted by Gasteiger charge is -2.18. The third-order valence-corrected chi connectivity index (χ3v) is 5.82.